The summed E-state index contributed by atoms with van der Waals surface area (Å²) in [5, 5.41) is 14.1. The highest BCUT2D eigenvalue weighted by Gasteiger charge is 2.29. The molecule has 0 saturated carbocycles. The van der Waals surface area contributed by atoms with Crippen molar-refractivity contribution >= 4 is 10.0 Å². The minimum absolute atomic E-state index is 0.0241. The van der Waals surface area contributed by atoms with Crippen LogP contribution < -0.4 is 5.14 Å². The molecule has 0 atom stereocenters. The average Bonchev–Trinajstić information content (AvgIpc) is 3.38. The number of aromatic nitrogens is 4. The molecule has 0 amide bonds. The second-order valence-corrected chi connectivity index (χ2v) is 9.01. The third-order valence-corrected chi connectivity index (χ3v) is 6.25. The first-order valence-corrected chi connectivity index (χ1v) is 11.4. The van der Waals surface area contributed by atoms with Crippen LogP contribution in [0.2, 0.25) is 0 Å². The molecule has 2 N–H and O–H groups in total. The van der Waals surface area contributed by atoms with Gasteiger partial charge in [0.1, 0.15) is 5.69 Å². The van der Waals surface area contributed by atoms with Crippen molar-refractivity contribution in [3.05, 3.63) is 83.8 Å². The van der Waals surface area contributed by atoms with Crippen LogP contribution in [0, 0.1) is 0 Å². The average molecular weight is 475 g/mol. The van der Waals surface area contributed by atoms with Gasteiger partial charge in [0.05, 0.1) is 28.0 Å². The molecule has 2 aromatic heterocycles. The molecule has 11 heteroatoms. The maximum absolute atomic E-state index is 12.8. The molecule has 0 unspecified atom stereocenters. The minimum atomic E-state index is -4.37. The van der Waals surface area contributed by atoms with E-state index < -0.39 is 21.8 Å². The Labute approximate surface area is 188 Å². The number of nitrogens with two attached hydrogens (primary N) is 1. The summed E-state index contributed by atoms with van der Waals surface area (Å²) in [5.74, 6) is 0. The van der Waals surface area contributed by atoms with Crippen LogP contribution in [-0.2, 0) is 36.1 Å². The van der Waals surface area contributed by atoms with Gasteiger partial charge in [-0.2, -0.15) is 23.4 Å². The van der Waals surface area contributed by atoms with Crippen LogP contribution in [0.3, 0.4) is 0 Å². The number of benzene rings is 2. The zero-order valence-corrected chi connectivity index (χ0v) is 18.3. The summed E-state index contributed by atoms with van der Waals surface area (Å²) < 4.78 is 65.4. The molecule has 4 aromatic rings. The maximum atomic E-state index is 12.8. The molecule has 4 rings (SSSR count). The number of alkyl halides is 3. The molecule has 172 valence electrons. The first-order valence-electron chi connectivity index (χ1n) is 9.89. The van der Waals surface area contributed by atoms with E-state index in [-0.39, 0.29) is 4.90 Å². The van der Waals surface area contributed by atoms with Crippen molar-refractivity contribution in [2.45, 2.75) is 23.9 Å². The van der Waals surface area contributed by atoms with Crippen molar-refractivity contribution in [2.75, 3.05) is 0 Å². The number of aryl methyl sites for hydroxylation is 2. The topological polar surface area (TPSA) is 95.8 Å². The number of nitrogens with zero attached hydrogens (tertiary/aromatic N) is 4. The van der Waals surface area contributed by atoms with Crippen molar-refractivity contribution in [1.82, 2.24) is 19.6 Å². The fourth-order valence-electron chi connectivity index (χ4n) is 3.58. The predicted molar refractivity (Wildman–Crippen MR) is 116 cm³/mol. The summed E-state index contributed by atoms with van der Waals surface area (Å²) in [4.78, 5) is -0.0241. The van der Waals surface area contributed by atoms with Gasteiger partial charge in [-0.25, -0.2) is 18.2 Å². The van der Waals surface area contributed by atoms with E-state index in [2.05, 4.69) is 10.2 Å². The van der Waals surface area contributed by atoms with Gasteiger partial charge in [0, 0.05) is 18.8 Å². The Morgan fingerprint density at radius 3 is 2.36 bits per heavy atom. The third-order valence-electron chi connectivity index (χ3n) is 5.28. The van der Waals surface area contributed by atoms with E-state index in [4.69, 9.17) is 5.14 Å². The van der Waals surface area contributed by atoms with Crippen molar-refractivity contribution in [2.24, 2.45) is 12.2 Å². The van der Waals surface area contributed by atoms with E-state index in [1.54, 1.807) is 53.1 Å². The molecule has 0 fully saturated rings. The molecular formula is C22H20F3N5O2S. The van der Waals surface area contributed by atoms with Gasteiger partial charge in [-0.15, -0.1) is 0 Å². The molecule has 0 aliphatic rings. The molecule has 2 aromatic carbocycles. The second kappa shape index (κ2) is 8.49. The van der Waals surface area contributed by atoms with E-state index in [1.165, 1.54) is 18.2 Å². The zero-order chi connectivity index (χ0) is 23.8. The standard InChI is InChI=1S/C22H20F3N5O2S/c1-29-19(11-8-15-6-9-16(10-7-15)22(23,24)25)20(14-27-29)30-13-12-18(28-30)17-4-2-3-5-21(17)33(26,31)32/h2-7,9-10,12-14H,8,11H2,1H3,(H2,26,31,32). The van der Waals surface area contributed by atoms with Crippen LogP contribution >= 0.6 is 0 Å². The van der Waals surface area contributed by atoms with E-state index >= 15 is 0 Å². The largest absolute Gasteiger partial charge is 0.416 e. The molecular weight excluding hydrogens is 455 g/mol. The van der Waals surface area contributed by atoms with Gasteiger partial charge in [0.2, 0.25) is 10.0 Å². The van der Waals surface area contributed by atoms with Crippen LogP contribution in [-0.4, -0.2) is 28.0 Å². The minimum Gasteiger partial charge on any atom is -0.270 e. The predicted octanol–water partition coefficient (Wildman–Crippen LogP) is 3.72. The Balaban J connectivity index is 1.59. The summed E-state index contributed by atoms with van der Waals surface area (Å²) in [5.41, 5.74) is 2.40. The number of halogens is 3. The lowest BCUT2D eigenvalue weighted by atomic mass is 10.1. The van der Waals surface area contributed by atoms with Crippen LogP contribution in [0.15, 0.2) is 71.9 Å². The lowest BCUT2D eigenvalue weighted by Crippen LogP contribution is -2.13. The van der Waals surface area contributed by atoms with Crippen molar-refractivity contribution < 1.29 is 21.6 Å². The van der Waals surface area contributed by atoms with Gasteiger partial charge in [-0.05, 0) is 42.7 Å². The Kier molecular flexibility index (Phi) is 5.85. The van der Waals surface area contributed by atoms with Gasteiger partial charge in [0.15, 0.2) is 0 Å². The van der Waals surface area contributed by atoms with Crippen LogP contribution in [0.4, 0.5) is 13.2 Å². The van der Waals surface area contributed by atoms with Crippen LogP contribution in [0.1, 0.15) is 16.8 Å². The number of primary sulfonamides is 1. The monoisotopic (exact) mass is 475 g/mol. The summed E-state index contributed by atoms with van der Waals surface area (Å²) in [7, 11) is -2.16. The quantitative estimate of drug-likeness (QED) is 0.460. The summed E-state index contributed by atoms with van der Waals surface area (Å²) >= 11 is 0. The molecule has 7 nitrogen and oxygen atoms in total. The fourth-order valence-corrected chi connectivity index (χ4v) is 4.33. The molecule has 2 heterocycles. The summed E-state index contributed by atoms with van der Waals surface area (Å²) in [6.45, 7) is 0. The Morgan fingerprint density at radius 2 is 1.70 bits per heavy atom. The summed E-state index contributed by atoms with van der Waals surface area (Å²) in [6, 6.07) is 13.1. The number of rotatable bonds is 6. The highest BCUT2D eigenvalue weighted by atomic mass is 32.2. The highest BCUT2D eigenvalue weighted by molar-refractivity contribution is 7.89. The third kappa shape index (κ3) is 4.83. The van der Waals surface area contributed by atoms with Gasteiger partial charge < -0.3 is 0 Å². The first-order chi connectivity index (χ1) is 15.5. The zero-order valence-electron chi connectivity index (χ0n) is 17.5. The van der Waals surface area contributed by atoms with Gasteiger partial charge in [0.25, 0.3) is 0 Å². The fraction of sp³-hybridized carbons (Fsp3) is 0.182. The molecule has 0 bridgehead atoms. The number of hydrogen-bond donors (Lipinski definition) is 1. The molecule has 33 heavy (non-hydrogen) atoms. The second-order valence-electron chi connectivity index (χ2n) is 7.48. The van der Waals surface area contributed by atoms with E-state index in [0.29, 0.717) is 29.8 Å². The van der Waals surface area contributed by atoms with E-state index in [9.17, 15) is 21.6 Å². The van der Waals surface area contributed by atoms with Gasteiger partial charge in [-0.3, -0.25) is 4.68 Å². The SMILES string of the molecule is Cn1ncc(-n2ccc(-c3ccccc3S(N)(=O)=O)n2)c1CCc1ccc(C(F)(F)F)cc1. The molecule has 0 aliphatic heterocycles. The Bertz CT molecular complexity index is 1390. The molecule has 0 saturated heterocycles. The molecule has 0 radical (unpaired) electrons. The van der Waals surface area contributed by atoms with Crippen LogP contribution in [0.5, 0.6) is 0 Å². The summed E-state index contributed by atoms with van der Waals surface area (Å²) in [6.07, 6.45) is -0.0288. The lowest BCUT2D eigenvalue weighted by Gasteiger charge is -2.09. The van der Waals surface area contributed by atoms with Crippen LogP contribution in [0.25, 0.3) is 16.9 Å². The van der Waals surface area contributed by atoms with Gasteiger partial charge in [-0.1, -0.05) is 30.3 Å². The van der Waals surface area contributed by atoms with E-state index in [0.717, 1.165) is 23.4 Å². The van der Waals surface area contributed by atoms with E-state index in [1.807, 2.05) is 0 Å². The lowest BCUT2D eigenvalue weighted by molar-refractivity contribution is -0.137. The molecule has 0 spiro atoms. The number of hydrogen-bond acceptors (Lipinski definition) is 4. The smallest absolute Gasteiger partial charge is 0.270 e. The molecule has 0 aliphatic carbocycles. The maximum Gasteiger partial charge on any atom is 0.416 e. The first kappa shape index (κ1) is 22.7. The Hall–Kier alpha value is -3.44. The van der Waals surface area contributed by atoms with Crippen molar-refractivity contribution in [3.63, 3.8) is 0 Å². The normalized spacial score (nSPS) is 12.3. The number of sulfonamides is 1. The van der Waals surface area contributed by atoms with Crippen molar-refractivity contribution in [1.29, 1.82) is 0 Å². The van der Waals surface area contributed by atoms with Gasteiger partial charge >= 0.3 is 6.18 Å². The highest BCUT2D eigenvalue weighted by Crippen LogP contribution is 2.29. The van der Waals surface area contributed by atoms with Crippen molar-refractivity contribution in [3.8, 4) is 16.9 Å². The Morgan fingerprint density at radius 1 is 1.00 bits per heavy atom.